The summed E-state index contributed by atoms with van der Waals surface area (Å²) in [5.41, 5.74) is 2.61. The summed E-state index contributed by atoms with van der Waals surface area (Å²) in [5, 5.41) is 3.74. The number of hydrogen-bond acceptors (Lipinski definition) is 2. The van der Waals surface area contributed by atoms with Gasteiger partial charge in [0.25, 0.3) is 0 Å². The van der Waals surface area contributed by atoms with Crippen LogP contribution in [0.5, 0.6) is 0 Å². The fourth-order valence-electron chi connectivity index (χ4n) is 3.10. The lowest BCUT2D eigenvalue weighted by Gasteiger charge is -2.32. The zero-order valence-electron chi connectivity index (χ0n) is 12.5. The Morgan fingerprint density at radius 2 is 2.05 bits per heavy atom. The van der Waals surface area contributed by atoms with Gasteiger partial charge in [0.15, 0.2) is 0 Å². The molecule has 1 aliphatic carbocycles. The monoisotopic (exact) mass is 260 g/mol. The molecule has 1 fully saturated rings. The molecule has 19 heavy (non-hydrogen) atoms. The van der Waals surface area contributed by atoms with E-state index in [-0.39, 0.29) is 0 Å². The van der Waals surface area contributed by atoms with E-state index < -0.39 is 0 Å². The van der Waals surface area contributed by atoms with Crippen LogP contribution in [0.3, 0.4) is 0 Å². The summed E-state index contributed by atoms with van der Waals surface area (Å²) in [5.74, 6) is 0.778. The lowest BCUT2D eigenvalue weighted by molar-refractivity contribution is 0.260. The summed E-state index contributed by atoms with van der Waals surface area (Å²) in [6.45, 7) is 5.59. The lowest BCUT2D eigenvalue weighted by atomic mass is 9.81. The number of nitrogens with zero attached hydrogens (tertiary/aromatic N) is 1. The van der Waals surface area contributed by atoms with Crippen LogP contribution in [0.4, 0.5) is 0 Å². The molecule has 0 radical (unpaired) electrons. The first-order chi connectivity index (χ1) is 9.33. The molecule has 1 heterocycles. The van der Waals surface area contributed by atoms with Gasteiger partial charge < -0.3 is 5.32 Å². The van der Waals surface area contributed by atoms with Gasteiger partial charge >= 0.3 is 0 Å². The Hall–Kier alpha value is -0.890. The predicted molar refractivity (Wildman–Crippen MR) is 81.4 cm³/mol. The van der Waals surface area contributed by atoms with Crippen LogP contribution in [-0.4, -0.2) is 17.6 Å². The molecule has 2 heteroatoms. The van der Waals surface area contributed by atoms with E-state index in [0.717, 1.165) is 25.3 Å². The van der Waals surface area contributed by atoms with Gasteiger partial charge in [-0.05, 0) is 56.2 Å². The number of aromatic nitrogens is 1. The first kappa shape index (κ1) is 14.5. The summed E-state index contributed by atoms with van der Waals surface area (Å²) in [4.78, 5) is 4.63. The van der Waals surface area contributed by atoms with Crippen LogP contribution in [-0.2, 0) is 12.8 Å². The largest absolute Gasteiger partial charge is 0.314 e. The van der Waals surface area contributed by atoms with Crippen LogP contribution in [0.2, 0.25) is 0 Å². The van der Waals surface area contributed by atoms with Crippen LogP contribution in [0.25, 0.3) is 0 Å². The Morgan fingerprint density at radius 3 is 2.74 bits per heavy atom. The summed E-state index contributed by atoms with van der Waals surface area (Å²) >= 11 is 0. The highest BCUT2D eigenvalue weighted by atomic mass is 14.9. The van der Waals surface area contributed by atoms with Crippen molar-refractivity contribution in [1.82, 2.24) is 10.3 Å². The van der Waals surface area contributed by atoms with Gasteiger partial charge in [-0.25, -0.2) is 0 Å². The van der Waals surface area contributed by atoms with E-state index in [1.807, 2.05) is 6.20 Å². The third-order valence-corrected chi connectivity index (χ3v) is 4.33. The van der Waals surface area contributed by atoms with Crippen molar-refractivity contribution in [2.75, 3.05) is 6.54 Å². The maximum absolute atomic E-state index is 4.63. The molecular weight excluding hydrogens is 232 g/mol. The molecule has 1 saturated carbocycles. The van der Waals surface area contributed by atoms with E-state index in [1.54, 1.807) is 0 Å². The van der Waals surface area contributed by atoms with Gasteiger partial charge in [-0.1, -0.05) is 32.8 Å². The van der Waals surface area contributed by atoms with Crippen LogP contribution in [0.15, 0.2) is 18.3 Å². The molecule has 2 nitrogen and oxygen atoms in total. The second kappa shape index (κ2) is 7.64. The summed E-state index contributed by atoms with van der Waals surface area (Å²) in [6, 6.07) is 5.17. The minimum atomic E-state index is 0.710. The second-order valence-electron chi connectivity index (χ2n) is 5.82. The van der Waals surface area contributed by atoms with Gasteiger partial charge in [0.1, 0.15) is 0 Å². The van der Waals surface area contributed by atoms with Gasteiger partial charge in [-0.3, -0.25) is 4.98 Å². The van der Waals surface area contributed by atoms with Crippen LogP contribution >= 0.6 is 0 Å². The van der Waals surface area contributed by atoms with E-state index in [2.05, 4.69) is 36.3 Å². The smallest absolute Gasteiger partial charge is 0.0407 e. The molecule has 2 unspecified atom stereocenters. The molecule has 1 N–H and O–H groups in total. The highest BCUT2D eigenvalue weighted by Gasteiger charge is 2.24. The van der Waals surface area contributed by atoms with Crippen molar-refractivity contribution < 1.29 is 0 Å². The minimum absolute atomic E-state index is 0.710. The normalized spacial score (nSPS) is 23.5. The van der Waals surface area contributed by atoms with E-state index in [4.69, 9.17) is 0 Å². The summed E-state index contributed by atoms with van der Waals surface area (Å²) < 4.78 is 0. The summed E-state index contributed by atoms with van der Waals surface area (Å²) in [6.07, 6.45) is 11.0. The van der Waals surface area contributed by atoms with Crippen molar-refractivity contribution in [2.24, 2.45) is 5.92 Å². The fraction of sp³-hybridized carbons (Fsp3) is 0.706. The molecule has 0 saturated heterocycles. The highest BCUT2D eigenvalue weighted by molar-refractivity contribution is 5.14. The number of pyridine rings is 1. The molecular formula is C17H28N2. The predicted octanol–water partition coefficient (Wildman–Crippen LogP) is 3.74. The molecule has 0 spiro atoms. The van der Waals surface area contributed by atoms with Crippen molar-refractivity contribution in [2.45, 2.75) is 64.8 Å². The third kappa shape index (κ3) is 4.31. The Balaban J connectivity index is 1.93. The molecule has 1 aromatic heterocycles. The van der Waals surface area contributed by atoms with Gasteiger partial charge in [0.05, 0.1) is 0 Å². The van der Waals surface area contributed by atoms with Crippen molar-refractivity contribution in [3.05, 3.63) is 29.6 Å². The Bertz CT molecular complexity index is 358. The lowest BCUT2D eigenvalue weighted by Crippen LogP contribution is -2.40. The van der Waals surface area contributed by atoms with E-state index in [9.17, 15) is 0 Å². The van der Waals surface area contributed by atoms with Crippen LogP contribution in [0.1, 0.15) is 57.2 Å². The van der Waals surface area contributed by atoms with Crippen molar-refractivity contribution >= 4 is 0 Å². The Labute approximate surface area is 118 Å². The maximum atomic E-state index is 4.63. The molecule has 2 rings (SSSR count). The highest BCUT2D eigenvalue weighted by Crippen LogP contribution is 2.27. The van der Waals surface area contributed by atoms with Gasteiger partial charge in [-0.2, -0.15) is 0 Å². The molecule has 0 aromatic carbocycles. The first-order valence-corrected chi connectivity index (χ1v) is 8.00. The minimum Gasteiger partial charge on any atom is -0.314 e. The molecule has 106 valence electrons. The standard InChI is InChI=1S/C17H28N2/c1-3-11-18-17-8-6-5-7-15(17)12-16-10-9-14(4-2)13-19-16/h9-10,13,15,17-18H,3-8,11-12H2,1-2H3. The summed E-state index contributed by atoms with van der Waals surface area (Å²) in [7, 11) is 0. The Morgan fingerprint density at radius 1 is 1.21 bits per heavy atom. The van der Waals surface area contributed by atoms with E-state index in [0.29, 0.717) is 6.04 Å². The number of rotatable bonds is 6. The Kier molecular flexibility index (Phi) is 5.84. The van der Waals surface area contributed by atoms with Gasteiger partial charge in [-0.15, -0.1) is 0 Å². The molecule has 2 atom stereocenters. The molecule has 1 aliphatic rings. The molecule has 0 bridgehead atoms. The average molecular weight is 260 g/mol. The number of nitrogens with one attached hydrogen (secondary N) is 1. The fourth-order valence-corrected chi connectivity index (χ4v) is 3.10. The van der Waals surface area contributed by atoms with Crippen LogP contribution < -0.4 is 5.32 Å². The van der Waals surface area contributed by atoms with E-state index >= 15 is 0 Å². The third-order valence-electron chi connectivity index (χ3n) is 4.33. The van der Waals surface area contributed by atoms with E-state index in [1.165, 1.54) is 43.4 Å². The SMILES string of the molecule is CCCNC1CCCCC1Cc1ccc(CC)cn1. The van der Waals surface area contributed by atoms with Crippen molar-refractivity contribution in [1.29, 1.82) is 0 Å². The zero-order chi connectivity index (χ0) is 13.5. The molecule has 0 amide bonds. The molecule has 1 aromatic rings. The maximum Gasteiger partial charge on any atom is 0.0407 e. The quantitative estimate of drug-likeness (QED) is 0.842. The topological polar surface area (TPSA) is 24.9 Å². The van der Waals surface area contributed by atoms with Gasteiger partial charge in [0, 0.05) is 17.9 Å². The van der Waals surface area contributed by atoms with Crippen molar-refractivity contribution in [3.8, 4) is 0 Å². The average Bonchev–Trinajstić information content (AvgIpc) is 2.47. The number of hydrogen-bond donors (Lipinski definition) is 1. The number of aryl methyl sites for hydroxylation is 1. The van der Waals surface area contributed by atoms with Crippen molar-refractivity contribution in [3.63, 3.8) is 0 Å². The first-order valence-electron chi connectivity index (χ1n) is 8.00. The zero-order valence-corrected chi connectivity index (χ0v) is 12.5. The van der Waals surface area contributed by atoms with Crippen LogP contribution in [0, 0.1) is 5.92 Å². The van der Waals surface area contributed by atoms with Gasteiger partial charge in [0.2, 0.25) is 0 Å². The molecule has 0 aliphatic heterocycles. The second-order valence-corrected chi connectivity index (χ2v) is 5.82.